The van der Waals surface area contributed by atoms with Crippen molar-refractivity contribution in [2.45, 2.75) is 20.8 Å². The zero-order valence-corrected chi connectivity index (χ0v) is 12.8. The van der Waals surface area contributed by atoms with E-state index in [-0.39, 0.29) is 0 Å². The topological polar surface area (TPSA) is 35.8 Å². The third-order valence-electron chi connectivity index (χ3n) is 3.04. The lowest BCUT2D eigenvalue weighted by Gasteiger charge is -2.15. The van der Waals surface area contributed by atoms with E-state index in [4.69, 9.17) is 5.26 Å². The number of anilines is 2. The van der Waals surface area contributed by atoms with E-state index >= 15 is 0 Å². The molecule has 0 aliphatic rings. The van der Waals surface area contributed by atoms with Crippen LogP contribution in [0.3, 0.4) is 0 Å². The number of benzene rings is 2. The van der Waals surface area contributed by atoms with Crippen LogP contribution in [0, 0.1) is 32.1 Å². The standard InChI is InChI=1S/C16H15BrN2/c1-10-6-11(2)16(12(3)7-10)19-15-8-14(17)5-4-13(15)9-18/h4-8,19H,1-3H3. The number of nitrogens with zero attached hydrogens (tertiary/aromatic N) is 1. The van der Waals surface area contributed by atoms with Crippen LogP contribution in [-0.2, 0) is 0 Å². The first-order chi connectivity index (χ1) is 9.01. The predicted octanol–water partition coefficient (Wildman–Crippen LogP) is 4.99. The first-order valence-electron chi connectivity index (χ1n) is 6.06. The van der Waals surface area contributed by atoms with Crippen LogP contribution in [0.5, 0.6) is 0 Å². The van der Waals surface area contributed by atoms with Crippen molar-refractivity contribution in [3.63, 3.8) is 0 Å². The maximum Gasteiger partial charge on any atom is 0.101 e. The lowest BCUT2D eigenvalue weighted by atomic mass is 10.0. The van der Waals surface area contributed by atoms with E-state index in [0.717, 1.165) is 15.8 Å². The molecule has 0 unspecified atom stereocenters. The average molecular weight is 315 g/mol. The van der Waals surface area contributed by atoms with Crippen LogP contribution in [-0.4, -0.2) is 0 Å². The summed E-state index contributed by atoms with van der Waals surface area (Å²) in [5.41, 5.74) is 6.15. The number of hydrogen-bond acceptors (Lipinski definition) is 2. The van der Waals surface area contributed by atoms with Crippen LogP contribution in [0.25, 0.3) is 0 Å². The summed E-state index contributed by atoms with van der Waals surface area (Å²) >= 11 is 3.44. The highest BCUT2D eigenvalue weighted by Gasteiger charge is 2.08. The second-order valence-electron chi connectivity index (χ2n) is 4.70. The second kappa shape index (κ2) is 5.46. The summed E-state index contributed by atoms with van der Waals surface area (Å²) in [6.07, 6.45) is 0. The molecule has 1 N–H and O–H groups in total. The number of aryl methyl sites for hydroxylation is 3. The molecule has 0 spiro atoms. The molecule has 2 rings (SSSR count). The van der Waals surface area contributed by atoms with Crippen molar-refractivity contribution in [3.8, 4) is 6.07 Å². The Morgan fingerprint density at radius 2 is 1.68 bits per heavy atom. The maximum absolute atomic E-state index is 9.16. The second-order valence-corrected chi connectivity index (χ2v) is 5.62. The van der Waals surface area contributed by atoms with Gasteiger partial charge in [0.15, 0.2) is 0 Å². The summed E-state index contributed by atoms with van der Waals surface area (Å²) in [6, 6.07) is 12.1. The van der Waals surface area contributed by atoms with E-state index in [9.17, 15) is 0 Å². The third-order valence-corrected chi connectivity index (χ3v) is 3.53. The molecule has 0 aliphatic carbocycles. The zero-order chi connectivity index (χ0) is 14.0. The first kappa shape index (κ1) is 13.6. The summed E-state index contributed by atoms with van der Waals surface area (Å²) in [7, 11) is 0. The highest BCUT2D eigenvalue weighted by atomic mass is 79.9. The van der Waals surface area contributed by atoms with E-state index in [1.54, 1.807) is 0 Å². The van der Waals surface area contributed by atoms with E-state index in [0.29, 0.717) is 5.56 Å². The van der Waals surface area contributed by atoms with Gasteiger partial charge >= 0.3 is 0 Å². The van der Waals surface area contributed by atoms with Crippen molar-refractivity contribution in [1.82, 2.24) is 0 Å². The predicted molar refractivity (Wildman–Crippen MR) is 82.8 cm³/mol. The van der Waals surface area contributed by atoms with Crippen molar-refractivity contribution < 1.29 is 0 Å². The Morgan fingerprint density at radius 1 is 1.05 bits per heavy atom. The van der Waals surface area contributed by atoms with Gasteiger partial charge in [0.25, 0.3) is 0 Å². The average Bonchev–Trinajstić information content (AvgIpc) is 2.34. The van der Waals surface area contributed by atoms with Gasteiger partial charge in [-0.25, -0.2) is 0 Å². The summed E-state index contributed by atoms with van der Waals surface area (Å²) in [6.45, 7) is 6.24. The van der Waals surface area contributed by atoms with Gasteiger partial charge in [-0.3, -0.25) is 0 Å². The molecule has 3 heteroatoms. The summed E-state index contributed by atoms with van der Waals surface area (Å²) < 4.78 is 0.955. The van der Waals surface area contributed by atoms with Gasteiger partial charge in [-0.2, -0.15) is 5.26 Å². The van der Waals surface area contributed by atoms with Gasteiger partial charge in [0, 0.05) is 10.2 Å². The Morgan fingerprint density at radius 3 is 2.26 bits per heavy atom. The molecule has 96 valence electrons. The van der Waals surface area contributed by atoms with Crippen molar-refractivity contribution in [1.29, 1.82) is 5.26 Å². The van der Waals surface area contributed by atoms with E-state index < -0.39 is 0 Å². The number of nitriles is 1. The minimum absolute atomic E-state index is 0.641. The molecule has 0 atom stereocenters. The van der Waals surface area contributed by atoms with Crippen molar-refractivity contribution in [2.75, 3.05) is 5.32 Å². The molecule has 0 fully saturated rings. The van der Waals surface area contributed by atoms with Gasteiger partial charge in [0.1, 0.15) is 6.07 Å². The highest BCUT2D eigenvalue weighted by Crippen LogP contribution is 2.29. The number of halogens is 1. The molecule has 0 bridgehead atoms. The molecular formula is C16H15BrN2. The zero-order valence-electron chi connectivity index (χ0n) is 11.2. The fourth-order valence-corrected chi connectivity index (χ4v) is 2.59. The lowest BCUT2D eigenvalue weighted by Crippen LogP contribution is -1.99. The van der Waals surface area contributed by atoms with Crippen molar-refractivity contribution >= 4 is 27.3 Å². The summed E-state index contributed by atoms with van der Waals surface area (Å²) in [5.74, 6) is 0. The van der Waals surface area contributed by atoms with E-state index in [1.807, 2.05) is 18.2 Å². The van der Waals surface area contributed by atoms with Crippen LogP contribution >= 0.6 is 15.9 Å². The minimum atomic E-state index is 0.641. The van der Waals surface area contributed by atoms with Gasteiger partial charge in [0.05, 0.1) is 11.3 Å². The molecule has 0 saturated heterocycles. The quantitative estimate of drug-likeness (QED) is 0.847. The summed E-state index contributed by atoms with van der Waals surface area (Å²) in [5, 5.41) is 12.5. The van der Waals surface area contributed by atoms with Crippen LogP contribution in [0.4, 0.5) is 11.4 Å². The Labute approximate surface area is 122 Å². The molecule has 0 saturated carbocycles. The minimum Gasteiger partial charge on any atom is -0.354 e. The van der Waals surface area contributed by atoms with E-state index in [2.05, 4.69) is 60.2 Å². The highest BCUT2D eigenvalue weighted by molar-refractivity contribution is 9.10. The Hall–Kier alpha value is -1.79. The lowest BCUT2D eigenvalue weighted by molar-refractivity contribution is 1.30. The molecule has 0 aromatic heterocycles. The van der Waals surface area contributed by atoms with Crippen LogP contribution in [0.2, 0.25) is 0 Å². The maximum atomic E-state index is 9.16. The number of nitrogens with one attached hydrogen (secondary N) is 1. The van der Waals surface area contributed by atoms with Gasteiger partial charge in [-0.15, -0.1) is 0 Å². The normalized spacial score (nSPS) is 10.1. The monoisotopic (exact) mass is 314 g/mol. The van der Waals surface area contributed by atoms with Gasteiger partial charge in [0.2, 0.25) is 0 Å². The van der Waals surface area contributed by atoms with Crippen LogP contribution in [0.15, 0.2) is 34.8 Å². The molecule has 0 amide bonds. The Kier molecular flexibility index (Phi) is 3.92. The first-order valence-corrected chi connectivity index (χ1v) is 6.85. The smallest absolute Gasteiger partial charge is 0.101 e. The number of hydrogen-bond donors (Lipinski definition) is 1. The molecule has 2 aromatic rings. The van der Waals surface area contributed by atoms with Crippen molar-refractivity contribution in [2.24, 2.45) is 0 Å². The SMILES string of the molecule is Cc1cc(C)c(Nc2cc(Br)ccc2C#N)c(C)c1. The van der Waals surface area contributed by atoms with Gasteiger partial charge in [-0.05, 0) is 50.1 Å². The molecule has 2 nitrogen and oxygen atoms in total. The third kappa shape index (κ3) is 2.97. The fraction of sp³-hybridized carbons (Fsp3) is 0.188. The summed E-state index contributed by atoms with van der Waals surface area (Å²) in [4.78, 5) is 0. The van der Waals surface area contributed by atoms with Gasteiger partial charge < -0.3 is 5.32 Å². The fourth-order valence-electron chi connectivity index (χ4n) is 2.23. The largest absolute Gasteiger partial charge is 0.354 e. The molecule has 0 aliphatic heterocycles. The van der Waals surface area contributed by atoms with Gasteiger partial charge in [-0.1, -0.05) is 33.6 Å². The number of rotatable bonds is 2. The Bertz CT molecular complexity index is 646. The molecular weight excluding hydrogens is 300 g/mol. The van der Waals surface area contributed by atoms with Crippen molar-refractivity contribution in [3.05, 3.63) is 57.1 Å². The van der Waals surface area contributed by atoms with Crippen LogP contribution in [0.1, 0.15) is 22.3 Å². The van der Waals surface area contributed by atoms with Crippen LogP contribution < -0.4 is 5.32 Å². The molecule has 0 heterocycles. The molecule has 0 radical (unpaired) electrons. The molecule has 2 aromatic carbocycles. The Balaban J connectivity index is 2.48. The van der Waals surface area contributed by atoms with E-state index in [1.165, 1.54) is 16.7 Å². The molecule has 19 heavy (non-hydrogen) atoms.